The summed E-state index contributed by atoms with van der Waals surface area (Å²) < 4.78 is 11.1. The van der Waals surface area contributed by atoms with Crippen molar-refractivity contribution in [2.75, 3.05) is 0 Å². The van der Waals surface area contributed by atoms with Gasteiger partial charge in [-0.2, -0.15) is 0 Å². The van der Waals surface area contributed by atoms with Crippen molar-refractivity contribution in [1.82, 2.24) is 0 Å². The number of hydrogen-bond donors (Lipinski definition) is 0. The van der Waals surface area contributed by atoms with Gasteiger partial charge in [-0.1, -0.05) is 6.92 Å². The Morgan fingerprint density at radius 1 is 1.31 bits per heavy atom. The summed E-state index contributed by atoms with van der Waals surface area (Å²) in [5.41, 5.74) is 0. The van der Waals surface area contributed by atoms with Crippen molar-refractivity contribution in [3.63, 3.8) is 0 Å². The van der Waals surface area contributed by atoms with Gasteiger partial charge in [-0.25, -0.2) is 0 Å². The summed E-state index contributed by atoms with van der Waals surface area (Å²) in [6.07, 6.45) is 4.27. The lowest BCUT2D eigenvalue weighted by Crippen LogP contribution is -2.10. The molecule has 1 aromatic rings. The summed E-state index contributed by atoms with van der Waals surface area (Å²) >= 11 is 0. The monoisotopic (exact) mass is 218 g/mol. The molecule has 3 nitrogen and oxygen atoms in total. The number of hydrogen-bond acceptors (Lipinski definition) is 3. The zero-order valence-electron chi connectivity index (χ0n) is 9.18. The molecule has 1 saturated carbocycles. The van der Waals surface area contributed by atoms with E-state index < -0.39 is 0 Å². The molecule has 84 valence electrons. The maximum atomic E-state index is 11.2. The molecule has 3 unspecified atom stereocenters. The first kappa shape index (κ1) is 9.70. The molecule has 1 aromatic heterocycles. The Labute approximate surface area is 94.1 Å². The zero-order chi connectivity index (χ0) is 11.1. The fraction of sp³-hybridized carbons (Fsp3) is 0.462. The van der Waals surface area contributed by atoms with Crippen molar-refractivity contribution in [3.05, 3.63) is 36.0 Å². The summed E-state index contributed by atoms with van der Waals surface area (Å²) in [5, 5.41) is 0. The molecule has 1 aliphatic carbocycles. The van der Waals surface area contributed by atoms with Crippen molar-refractivity contribution < 1.29 is 13.9 Å². The Morgan fingerprint density at radius 3 is 2.75 bits per heavy atom. The third kappa shape index (κ3) is 1.66. The molecule has 16 heavy (non-hydrogen) atoms. The Kier molecular flexibility index (Phi) is 2.13. The fourth-order valence-electron chi connectivity index (χ4n) is 2.14. The van der Waals surface area contributed by atoms with Crippen LogP contribution in [-0.2, 0) is 9.53 Å². The first-order chi connectivity index (χ1) is 7.74. The Morgan fingerprint density at radius 2 is 2.06 bits per heavy atom. The third-order valence-electron chi connectivity index (χ3n) is 3.32. The lowest BCUT2D eigenvalue weighted by atomic mass is 10.1. The molecule has 0 spiro atoms. The molecule has 3 heteroatoms. The predicted octanol–water partition coefficient (Wildman–Crippen LogP) is 2.95. The second-order valence-corrected chi connectivity index (χ2v) is 4.66. The highest BCUT2D eigenvalue weighted by atomic mass is 16.5. The molecule has 0 aromatic carbocycles. The van der Waals surface area contributed by atoms with E-state index in [1.165, 1.54) is 18.8 Å². The van der Waals surface area contributed by atoms with E-state index in [1.54, 1.807) is 0 Å². The standard InChI is InChI=1S/C13H14O3/c1-8-6-10(8)11-2-3-12(16-11)13-7-9(14)4-5-15-13/h2-5,8,10,13H,6-7H2,1H3. The van der Waals surface area contributed by atoms with E-state index in [0.717, 1.165) is 17.4 Å². The van der Waals surface area contributed by atoms with Gasteiger partial charge < -0.3 is 9.15 Å². The van der Waals surface area contributed by atoms with Gasteiger partial charge in [-0.05, 0) is 24.5 Å². The van der Waals surface area contributed by atoms with Crippen LogP contribution >= 0.6 is 0 Å². The highest BCUT2D eigenvalue weighted by Gasteiger charge is 2.37. The van der Waals surface area contributed by atoms with Crippen molar-refractivity contribution in [1.29, 1.82) is 0 Å². The second-order valence-electron chi connectivity index (χ2n) is 4.66. The van der Waals surface area contributed by atoms with Crippen LogP contribution in [0.2, 0.25) is 0 Å². The first-order valence-corrected chi connectivity index (χ1v) is 5.68. The van der Waals surface area contributed by atoms with Crippen LogP contribution in [-0.4, -0.2) is 5.78 Å². The number of allylic oxidation sites excluding steroid dienone is 1. The highest BCUT2D eigenvalue weighted by molar-refractivity contribution is 5.90. The minimum absolute atomic E-state index is 0.0917. The molecule has 1 aliphatic heterocycles. The maximum Gasteiger partial charge on any atom is 0.162 e. The third-order valence-corrected chi connectivity index (χ3v) is 3.32. The van der Waals surface area contributed by atoms with E-state index in [9.17, 15) is 4.79 Å². The Hall–Kier alpha value is -1.51. The molecule has 3 rings (SSSR count). The largest absolute Gasteiger partial charge is 0.489 e. The molecular formula is C13H14O3. The van der Waals surface area contributed by atoms with Crippen LogP contribution in [0.15, 0.2) is 28.9 Å². The summed E-state index contributed by atoms with van der Waals surface area (Å²) in [5.74, 6) is 3.20. The molecule has 2 heterocycles. The van der Waals surface area contributed by atoms with Crippen molar-refractivity contribution >= 4 is 5.78 Å². The van der Waals surface area contributed by atoms with Crippen LogP contribution < -0.4 is 0 Å². The minimum Gasteiger partial charge on any atom is -0.489 e. The van der Waals surface area contributed by atoms with Gasteiger partial charge >= 0.3 is 0 Å². The van der Waals surface area contributed by atoms with E-state index >= 15 is 0 Å². The highest BCUT2D eigenvalue weighted by Crippen LogP contribution is 2.47. The number of ketones is 1. The van der Waals surface area contributed by atoms with Gasteiger partial charge in [0.25, 0.3) is 0 Å². The van der Waals surface area contributed by atoms with Crippen LogP contribution in [0.1, 0.15) is 43.3 Å². The van der Waals surface area contributed by atoms with Crippen LogP contribution in [0, 0.1) is 5.92 Å². The SMILES string of the molecule is CC1CC1c1ccc(C2CC(=O)C=CO2)o1. The van der Waals surface area contributed by atoms with Crippen molar-refractivity contribution in [2.24, 2.45) is 5.92 Å². The van der Waals surface area contributed by atoms with Gasteiger partial charge in [0.15, 0.2) is 11.9 Å². The lowest BCUT2D eigenvalue weighted by molar-refractivity contribution is -0.118. The molecular weight excluding hydrogens is 204 g/mol. The van der Waals surface area contributed by atoms with Gasteiger partial charge in [0, 0.05) is 12.0 Å². The average molecular weight is 218 g/mol. The van der Waals surface area contributed by atoms with Crippen LogP contribution in [0.25, 0.3) is 0 Å². The first-order valence-electron chi connectivity index (χ1n) is 5.68. The van der Waals surface area contributed by atoms with Gasteiger partial charge in [0.05, 0.1) is 12.7 Å². The van der Waals surface area contributed by atoms with Gasteiger partial charge in [-0.15, -0.1) is 0 Å². The number of carbonyl (C=O) groups excluding carboxylic acids is 1. The van der Waals surface area contributed by atoms with Crippen molar-refractivity contribution in [2.45, 2.75) is 31.8 Å². The summed E-state index contributed by atoms with van der Waals surface area (Å²) in [4.78, 5) is 11.2. The molecule has 0 bridgehead atoms. The molecule has 0 N–H and O–H groups in total. The smallest absolute Gasteiger partial charge is 0.162 e. The topological polar surface area (TPSA) is 39.4 Å². The number of furan rings is 1. The van der Waals surface area contributed by atoms with Crippen LogP contribution in [0.3, 0.4) is 0 Å². The van der Waals surface area contributed by atoms with Gasteiger partial charge in [0.2, 0.25) is 0 Å². The quantitative estimate of drug-likeness (QED) is 0.766. The van der Waals surface area contributed by atoms with E-state index in [0.29, 0.717) is 12.3 Å². The summed E-state index contributed by atoms with van der Waals surface area (Å²) in [6.45, 7) is 2.22. The fourth-order valence-corrected chi connectivity index (χ4v) is 2.14. The Bertz CT molecular complexity index is 444. The molecule has 3 atom stereocenters. The van der Waals surface area contributed by atoms with Crippen LogP contribution in [0.5, 0.6) is 0 Å². The zero-order valence-corrected chi connectivity index (χ0v) is 9.18. The lowest BCUT2D eigenvalue weighted by Gasteiger charge is -2.15. The molecule has 0 amide bonds. The second kappa shape index (κ2) is 3.51. The number of carbonyl (C=O) groups is 1. The van der Waals surface area contributed by atoms with E-state index in [-0.39, 0.29) is 11.9 Å². The van der Waals surface area contributed by atoms with E-state index in [2.05, 4.69) is 6.92 Å². The molecule has 0 saturated heterocycles. The summed E-state index contributed by atoms with van der Waals surface area (Å²) in [6, 6.07) is 3.94. The molecule has 1 fully saturated rings. The van der Waals surface area contributed by atoms with Crippen molar-refractivity contribution in [3.8, 4) is 0 Å². The van der Waals surface area contributed by atoms with Crippen LogP contribution in [0.4, 0.5) is 0 Å². The molecule has 0 radical (unpaired) electrons. The summed E-state index contributed by atoms with van der Waals surface area (Å²) in [7, 11) is 0. The number of ether oxygens (including phenoxy) is 1. The Balaban J connectivity index is 1.77. The maximum absolute atomic E-state index is 11.2. The van der Waals surface area contributed by atoms with E-state index in [1.807, 2.05) is 12.1 Å². The minimum atomic E-state index is -0.236. The predicted molar refractivity (Wildman–Crippen MR) is 57.8 cm³/mol. The number of rotatable bonds is 2. The van der Waals surface area contributed by atoms with E-state index in [4.69, 9.17) is 9.15 Å². The molecule has 2 aliphatic rings. The normalized spacial score (nSPS) is 32.6. The van der Waals surface area contributed by atoms with Gasteiger partial charge in [0.1, 0.15) is 11.5 Å². The average Bonchev–Trinajstić information content (AvgIpc) is 2.81. The van der Waals surface area contributed by atoms with Gasteiger partial charge in [-0.3, -0.25) is 4.79 Å².